The second kappa shape index (κ2) is 5.09. The van der Waals surface area contributed by atoms with Gasteiger partial charge in [0, 0.05) is 12.7 Å². The molecule has 1 aliphatic rings. The highest BCUT2D eigenvalue weighted by atomic mass is 15.2. The van der Waals surface area contributed by atoms with Gasteiger partial charge in [0.15, 0.2) is 0 Å². The molecular formula is C11H18N4. The molecule has 1 fully saturated rings. The minimum absolute atomic E-state index is 0.740. The maximum absolute atomic E-state index is 5.33. The number of likely N-dealkylation sites (tertiary alicyclic amines) is 1. The van der Waals surface area contributed by atoms with Gasteiger partial charge in [0.2, 0.25) is 0 Å². The molecule has 0 saturated carbocycles. The number of hydrogen-bond donors (Lipinski definition) is 2. The number of hydrogen-bond acceptors (Lipinski definition) is 4. The summed E-state index contributed by atoms with van der Waals surface area (Å²) in [5, 5.41) is 0. The van der Waals surface area contributed by atoms with Crippen LogP contribution < -0.4 is 11.3 Å². The van der Waals surface area contributed by atoms with Crippen LogP contribution >= 0.6 is 0 Å². The number of aromatic nitrogens is 1. The molecule has 0 unspecified atom stereocenters. The number of nitrogens with zero attached hydrogens (tertiary/aromatic N) is 2. The molecule has 2 heterocycles. The Morgan fingerprint density at radius 3 is 2.87 bits per heavy atom. The first kappa shape index (κ1) is 10.4. The Morgan fingerprint density at radius 1 is 1.33 bits per heavy atom. The Bertz CT molecular complexity index is 307. The van der Waals surface area contributed by atoms with E-state index in [4.69, 9.17) is 5.84 Å². The number of hydrazine groups is 1. The molecular weight excluding hydrogens is 188 g/mol. The summed E-state index contributed by atoms with van der Waals surface area (Å²) in [6.07, 6.45) is 5.83. The molecule has 1 aromatic rings. The number of nitrogen functional groups attached to an aromatic ring is 1. The van der Waals surface area contributed by atoms with E-state index in [-0.39, 0.29) is 0 Å². The third-order valence-electron chi connectivity index (χ3n) is 2.83. The summed E-state index contributed by atoms with van der Waals surface area (Å²) in [5.74, 6) is 6.07. The normalized spacial score (nSPS) is 17.7. The molecule has 4 nitrogen and oxygen atoms in total. The first-order valence-electron chi connectivity index (χ1n) is 5.52. The molecule has 2 rings (SSSR count). The van der Waals surface area contributed by atoms with Crippen LogP contribution in [0.15, 0.2) is 18.3 Å². The third-order valence-corrected chi connectivity index (χ3v) is 2.83. The monoisotopic (exact) mass is 206 g/mol. The molecule has 1 aliphatic heterocycles. The Labute approximate surface area is 90.5 Å². The number of nitrogens with one attached hydrogen (secondary N) is 1. The van der Waals surface area contributed by atoms with Gasteiger partial charge in [0.25, 0.3) is 0 Å². The first-order valence-corrected chi connectivity index (χ1v) is 5.52. The van der Waals surface area contributed by atoms with E-state index in [1.807, 2.05) is 6.07 Å². The second-order valence-electron chi connectivity index (χ2n) is 4.03. The van der Waals surface area contributed by atoms with Crippen molar-refractivity contribution in [2.24, 2.45) is 5.84 Å². The fraction of sp³-hybridized carbons (Fsp3) is 0.545. The van der Waals surface area contributed by atoms with E-state index in [2.05, 4.69) is 21.4 Å². The summed E-state index contributed by atoms with van der Waals surface area (Å²) in [5.41, 5.74) is 3.85. The number of nitrogens with two attached hydrogens (primary N) is 1. The Hall–Kier alpha value is -1.13. The van der Waals surface area contributed by atoms with E-state index in [1.54, 1.807) is 6.20 Å². The van der Waals surface area contributed by atoms with Crippen LogP contribution in [0.5, 0.6) is 0 Å². The van der Waals surface area contributed by atoms with Gasteiger partial charge in [-0.1, -0.05) is 6.42 Å². The lowest BCUT2D eigenvalue weighted by Crippen LogP contribution is -2.29. The summed E-state index contributed by atoms with van der Waals surface area (Å²) < 4.78 is 0. The van der Waals surface area contributed by atoms with Crippen molar-refractivity contribution in [1.82, 2.24) is 9.88 Å². The summed E-state index contributed by atoms with van der Waals surface area (Å²) in [6, 6.07) is 4.06. The van der Waals surface area contributed by atoms with Gasteiger partial charge >= 0.3 is 0 Å². The van der Waals surface area contributed by atoms with Crippen molar-refractivity contribution in [2.45, 2.75) is 25.8 Å². The van der Waals surface area contributed by atoms with Gasteiger partial charge in [-0.3, -0.25) is 4.90 Å². The first-order chi connectivity index (χ1) is 7.38. The largest absolute Gasteiger partial charge is 0.308 e. The lowest BCUT2D eigenvalue weighted by atomic mass is 10.1. The van der Waals surface area contributed by atoms with Gasteiger partial charge in [-0.2, -0.15) is 0 Å². The van der Waals surface area contributed by atoms with Crippen molar-refractivity contribution < 1.29 is 0 Å². The van der Waals surface area contributed by atoms with Gasteiger partial charge in [-0.15, -0.1) is 0 Å². The predicted molar refractivity (Wildman–Crippen MR) is 61.2 cm³/mol. The zero-order chi connectivity index (χ0) is 10.5. The smallest absolute Gasteiger partial charge is 0.140 e. The molecule has 0 spiro atoms. The molecule has 1 aromatic heterocycles. The molecule has 0 radical (unpaired) electrons. The van der Waals surface area contributed by atoms with Crippen LogP contribution in [0.25, 0.3) is 0 Å². The summed E-state index contributed by atoms with van der Waals surface area (Å²) in [6.45, 7) is 3.44. The quantitative estimate of drug-likeness (QED) is 0.579. The molecule has 0 aromatic carbocycles. The molecule has 0 aliphatic carbocycles. The molecule has 1 saturated heterocycles. The molecule has 82 valence electrons. The summed E-state index contributed by atoms with van der Waals surface area (Å²) in [4.78, 5) is 6.58. The van der Waals surface area contributed by atoms with E-state index >= 15 is 0 Å². The highest BCUT2D eigenvalue weighted by molar-refractivity contribution is 5.35. The van der Waals surface area contributed by atoms with Crippen LogP contribution in [0.4, 0.5) is 5.82 Å². The zero-order valence-electron chi connectivity index (χ0n) is 8.95. The fourth-order valence-electron chi connectivity index (χ4n) is 2.03. The second-order valence-corrected chi connectivity index (χ2v) is 4.03. The SMILES string of the molecule is NNc1cc(CN2CCCCC2)ccn1. The van der Waals surface area contributed by atoms with Crippen molar-refractivity contribution in [3.05, 3.63) is 23.9 Å². The molecule has 0 bridgehead atoms. The molecule has 3 N–H and O–H groups in total. The van der Waals surface area contributed by atoms with Crippen molar-refractivity contribution in [3.8, 4) is 0 Å². The number of anilines is 1. The van der Waals surface area contributed by atoms with Crippen molar-refractivity contribution in [2.75, 3.05) is 18.5 Å². The Kier molecular flexibility index (Phi) is 3.53. The Morgan fingerprint density at radius 2 is 2.13 bits per heavy atom. The van der Waals surface area contributed by atoms with Gasteiger partial charge in [-0.25, -0.2) is 10.8 Å². The lowest BCUT2D eigenvalue weighted by molar-refractivity contribution is 0.221. The van der Waals surface area contributed by atoms with Crippen molar-refractivity contribution in [3.63, 3.8) is 0 Å². The number of piperidine rings is 1. The van der Waals surface area contributed by atoms with Crippen LogP contribution in [0.1, 0.15) is 24.8 Å². The van der Waals surface area contributed by atoms with Gasteiger partial charge in [-0.05, 0) is 43.6 Å². The molecule has 15 heavy (non-hydrogen) atoms. The standard InChI is InChI=1S/C11H18N4/c12-14-11-8-10(4-5-13-11)9-15-6-2-1-3-7-15/h4-5,8H,1-3,6-7,9,12H2,(H,13,14). The van der Waals surface area contributed by atoms with Gasteiger partial charge in [0.1, 0.15) is 5.82 Å². The molecule has 0 atom stereocenters. The highest BCUT2D eigenvalue weighted by Crippen LogP contribution is 2.13. The average Bonchev–Trinajstić information content (AvgIpc) is 2.31. The van der Waals surface area contributed by atoms with Crippen molar-refractivity contribution >= 4 is 5.82 Å². The predicted octanol–water partition coefficient (Wildman–Crippen LogP) is 1.35. The van der Waals surface area contributed by atoms with Gasteiger partial charge < -0.3 is 5.43 Å². The van der Waals surface area contributed by atoms with Crippen molar-refractivity contribution in [1.29, 1.82) is 0 Å². The maximum atomic E-state index is 5.33. The highest BCUT2D eigenvalue weighted by Gasteiger charge is 2.10. The van der Waals surface area contributed by atoms with E-state index in [0.717, 1.165) is 12.4 Å². The molecule has 0 amide bonds. The van der Waals surface area contributed by atoms with Crippen LogP contribution in [-0.4, -0.2) is 23.0 Å². The minimum Gasteiger partial charge on any atom is -0.308 e. The van der Waals surface area contributed by atoms with Crippen LogP contribution in [0, 0.1) is 0 Å². The van der Waals surface area contributed by atoms with Crippen LogP contribution in [0.3, 0.4) is 0 Å². The number of pyridine rings is 1. The summed E-state index contributed by atoms with van der Waals surface area (Å²) in [7, 11) is 0. The fourth-order valence-corrected chi connectivity index (χ4v) is 2.03. The van der Waals surface area contributed by atoms with E-state index in [1.165, 1.54) is 37.9 Å². The average molecular weight is 206 g/mol. The van der Waals surface area contributed by atoms with Crippen LogP contribution in [-0.2, 0) is 6.54 Å². The minimum atomic E-state index is 0.740. The van der Waals surface area contributed by atoms with E-state index in [9.17, 15) is 0 Å². The topological polar surface area (TPSA) is 54.2 Å². The Balaban J connectivity index is 1.96. The van der Waals surface area contributed by atoms with E-state index < -0.39 is 0 Å². The van der Waals surface area contributed by atoms with Crippen LogP contribution in [0.2, 0.25) is 0 Å². The molecule has 4 heteroatoms. The van der Waals surface area contributed by atoms with E-state index in [0.29, 0.717) is 0 Å². The van der Waals surface area contributed by atoms with Gasteiger partial charge in [0.05, 0.1) is 0 Å². The number of rotatable bonds is 3. The third kappa shape index (κ3) is 2.91. The maximum Gasteiger partial charge on any atom is 0.140 e. The lowest BCUT2D eigenvalue weighted by Gasteiger charge is -2.26. The zero-order valence-corrected chi connectivity index (χ0v) is 8.95. The summed E-state index contributed by atoms with van der Waals surface area (Å²) >= 11 is 0.